The van der Waals surface area contributed by atoms with Crippen LogP contribution >= 0.6 is 11.8 Å². The fraction of sp³-hybridized carbons (Fsp3) is 0.304. The molecule has 1 heterocycles. The van der Waals surface area contributed by atoms with Gasteiger partial charge in [-0.3, -0.25) is 19.0 Å². The van der Waals surface area contributed by atoms with Crippen molar-refractivity contribution in [2.75, 3.05) is 5.32 Å². The molecule has 0 unspecified atom stereocenters. The highest BCUT2D eigenvalue weighted by Gasteiger charge is 2.19. The summed E-state index contributed by atoms with van der Waals surface area (Å²) in [5.41, 5.74) is 1.76. The lowest BCUT2D eigenvalue weighted by Crippen LogP contribution is -2.27. The van der Waals surface area contributed by atoms with Gasteiger partial charge in [0.1, 0.15) is 0 Å². The van der Waals surface area contributed by atoms with E-state index in [0.717, 1.165) is 12.8 Å². The van der Waals surface area contributed by atoms with E-state index in [-0.39, 0.29) is 17.2 Å². The van der Waals surface area contributed by atoms with Crippen LogP contribution in [0.2, 0.25) is 0 Å². The topological polar surface area (TPSA) is 81.1 Å². The second-order valence-corrected chi connectivity index (χ2v) is 8.41. The second kappa shape index (κ2) is 9.71. The minimum atomic E-state index is -0.460. The number of ketones is 1. The van der Waals surface area contributed by atoms with Gasteiger partial charge in [-0.2, -0.15) is 0 Å². The first kappa shape index (κ1) is 21.8. The quantitative estimate of drug-likeness (QED) is 0.327. The maximum absolute atomic E-state index is 13.0. The standard InChI is InChI=1S/C23H25N3O3S/c1-4-5-14-26-22(29)19-8-6-7-9-20(19)25-23(26)30-16(3)21(28)24-18-12-10-17(11-13-18)15(2)27/h6-13,16H,4-5,14H2,1-3H3,(H,24,28)/t16-/m1/s1. The number of para-hydroxylation sites is 1. The summed E-state index contributed by atoms with van der Waals surface area (Å²) in [4.78, 5) is 41.7. The van der Waals surface area contributed by atoms with E-state index in [1.54, 1.807) is 41.8 Å². The van der Waals surface area contributed by atoms with Crippen LogP contribution in [0.25, 0.3) is 10.9 Å². The fourth-order valence-electron chi connectivity index (χ4n) is 2.99. The summed E-state index contributed by atoms with van der Waals surface area (Å²) in [6, 6.07) is 14.0. The van der Waals surface area contributed by atoms with E-state index in [1.165, 1.54) is 18.7 Å². The molecule has 1 N–H and O–H groups in total. The number of carbonyl (C=O) groups excluding carboxylic acids is 2. The molecule has 3 aromatic rings. The molecular formula is C23H25N3O3S. The maximum atomic E-state index is 13.0. The molecule has 2 aromatic carbocycles. The number of aromatic nitrogens is 2. The van der Waals surface area contributed by atoms with Gasteiger partial charge in [0, 0.05) is 17.8 Å². The number of carbonyl (C=O) groups is 2. The molecule has 156 valence electrons. The normalized spacial score (nSPS) is 12.0. The van der Waals surface area contributed by atoms with Crippen molar-refractivity contribution in [2.24, 2.45) is 0 Å². The van der Waals surface area contributed by atoms with Gasteiger partial charge in [-0.1, -0.05) is 37.2 Å². The van der Waals surface area contributed by atoms with Crippen molar-refractivity contribution in [1.82, 2.24) is 9.55 Å². The molecule has 0 aliphatic carbocycles. The Hall–Kier alpha value is -2.93. The molecule has 0 saturated heterocycles. The van der Waals surface area contributed by atoms with Crippen LogP contribution in [-0.2, 0) is 11.3 Å². The van der Waals surface area contributed by atoms with Crippen molar-refractivity contribution in [2.45, 2.75) is 50.6 Å². The molecule has 0 aliphatic heterocycles. The van der Waals surface area contributed by atoms with Gasteiger partial charge in [0.05, 0.1) is 16.2 Å². The third kappa shape index (κ3) is 4.97. The average Bonchev–Trinajstić information content (AvgIpc) is 2.74. The van der Waals surface area contributed by atoms with Crippen LogP contribution in [0.3, 0.4) is 0 Å². The minimum absolute atomic E-state index is 0.0239. The van der Waals surface area contributed by atoms with Gasteiger partial charge in [0.25, 0.3) is 5.56 Å². The Morgan fingerprint density at radius 3 is 2.50 bits per heavy atom. The highest BCUT2D eigenvalue weighted by molar-refractivity contribution is 8.00. The van der Waals surface area contributed by atoms with E-state index in [2.05, 4.69) is 17.2 Å². The van der Waals surface area contributed by atoms with Gasteiger partial charge in [-0.05, 0) is 56.7 Å². The number of nitrogens with zero attached hydrogens (tertiary/aromatic N) is 2. The number of Topliss-reactive ketones (excluding diaryl/α,β-unsaturated/α-hetero) is 1. The van der Waals surface area contributed by atoms with Crippen molar-refractivity contribution in [3.8, 4) is 0 Å². The average molecular weight is 424 g/mol. The Morgan fingerprint density at radius 1 is 1.13 bits per heavy atom. The van der Waals surface area contributed by atoms with E-state index in [0.29, 0.717) is 33.9 Å². The monoisotopic (exact) mass is 423 g/mol. The summed E-state index contributed by atoms with van der Waals surface area (Å²) in [6.07, 6.45) is 1.81. The molecule has 1 amide bonds. The fourth-order valence-corrected chi connectivity index (χ4v) is 3.93. The van der Waals surface area contributed by atoms with Gasteiger partial charge < -0.3 is 5.32 Å². The molecule has 1 atom stereocenters. The first-order valence-electron chi connectivity index (χ1n) is 9.98. The molecule has 1 aromatic heterocycles. The van der Waals surface area contributed by atoms with Crippen molar-refractivity contribution in [3.63, 3.8) is 0 Å². The molecule has 0 bridgehead atoms. The molecule has 0 aliphatic rings. The molecule has 7 heteroatoms. The number of hydrogen-bond acceptors (Lipinski definition) is 5. The molecule has 30 heavy (non-hydrogen) atoms. The van der Waals surface area contributed by atoms with E-state index in [9.17, 15) is 14.4 Å². The van der Waals surface area contributed by atoms with Crippen LogP contribution in [0, 0.1) is 0 Å². The zero-order valence-corrected chi connectivity index (χ0v) is 18.2. The van der Waals surface area contributed by atoms with Gasteiger partial charge in [-0.25, -0.2) is 4.98 Å². The third-order valence-corrected chi connectivity index (χ3v) is 5.86. The Kier molecular flexibility index (Phi) is 7.05. The summed E-state index contributed by atoms with van der Waals surface area (Å²) >= 11 is 1.27. The van der Waals surface area contributed by atoms with E-state index < -0.39 is 5.25 Å². The van der Waals surface area contributed by atoms with Crippen molar-refractivity contribution in [3.05, 3.63) is 64.4 Å². The Bertz CT molecular complexity index is 1120. The van der Waals surface area contributed by atoms with Crippen LogP contribution in [0.1, 0.15) is 44.0 Å². The molecule has 0 fully saturated rings. The summed E-state index contributed by atoms with van der Waals surface area (Å²) in [6.45, 7) is 5.92. The molecule has 3 rings (SSSR count). The number of anilines is 1. The van der Waals surface area contributed by atoms with Crippen molar-refractivity contribution < 1.29 is 9.59 Å². The number of nitrogens with one attached hydrogen (secondary N) is 1. The zero-order chi connectivity index (χ0) is 21.7. The van der Waals surface area contributed by atoms with E-state index in [1.807, 2.05) is 18.2 Å². The minimum Gasteiger partial charge on any atom is -0.325 e. The zero-order valence-electron chi connectivity index (χ0n) is 17.3. The smallest absolute Gasteiger partial charge is 0.262 e. The van der Waals surface area contributed by atoms with Gasteiger partial charge >= 0.3 is 0 Å². The van der Waals surface area contributed by atoms with Crippen LogP contribution in [0.15, 0.2) is 58.5 Å². The second-order valence-electron chi connectivity index (χ2n) is 7.10. The summed E-state index contributed by atoms with van der Waals surface area (Å²) in [5, 5.41) is 3.52. The number of rotatable bonds is 8. The number of thioether (sulfide) groups is 1. The summed E-state index contributed by atoms with van der Waals surface area (Å²) < 4.78 is 1.67. The first-order chi connectivity index (χ1) is 14.4. The Morgan fingerprint density at radius 2 is 1.83 bits per heavy atom. The van der Waals surface area contributed by atoms with Gasteiger partial charge in [-0.15, -0.1) is 0 Å². The summed E-state index contributed by atoms with van der Waals surface area (Å²) in [7, 11) is 0. The van der Waals surface area contributed by atoms with Crippen molar-refractivity contribution >= 4 is 40.0 Å². The largest absolute Gasteiger partial charge is 0.325 e. The SMILES string of the molecule is CCCCn1c(S[C@H](C)C(=O)Nc2ccc(C(C)=O)cc2)nc2ccccc2c1=O. The van der Waals surface area contributed by atoms with Crippen LogP contribution in [0.4, 0.5) is 5.69 Å². The molecule has 0 spiro atoms. The highest BCUT2D eigenvalue weighted by atomic mass is 32.2. The molecule has 0 saturated carbocycles. The lowest BCUT2D eigenvalue weighted by Gasteiger charge is -2.16. The van der Waals surface area contributed by atoms with Crippen molar-refractivity contribution in [1.29, 1.82) is 0 Å². The Balaban J connectivity index is 1.82. The number of fused-ring (bicyclic) bond motifs is 1. The molecular weight excluding hydrogens is 398 g/mol. The number of amides is 1. The lowest BCUT2D eigenvalue weighted by molar-refractivity contribution is -0.115. The number of benzene rings is 2. The summed E-state index contributed by atoms with van der Waals surface area (Å²) in [5.74, 6) is -0.218. The van der Waals surface area contributed by atoms with Crippen LogP contribution in [-0.4, -0.2) is 26.5 Å². The van der Waals surface area contributed by atoms with Crippen LogP contribution < -0.4 is 10.9 Å². The van der Waals surface area contributed by atoms with Gasteiger partial charge in [0.2, 0.25) is 5.91 Å². The molecule has 0 radical (unpaired) electrons. The number of unbranched alkanes of at least 4 members (excludes halogenated alkanes) is 1. The van der Waals surface area contributed by atoms with E-state index >= 15 is 0 Å². The van der Waals surface area contributed by atoms with E-state index in [4.69, 9.17) is 0 Å². The van der Waals surface area contributed by atoms with Gasteiger partial charge in [0.15, 0.2) is 10.9 Å². The maximum Gasteiger partial charge on any atom is 0.262 e. The Labute approximate surface area is 179 Å². The predicted molar refractivity (Wildman–Crippen MR) is 121 cm³/mol. The number of hydrogen-bond donors (Lipinski definition) is 1. The predicted octanol–water partition coefficient (Wildman–Crippen LogP) is 4.52. The molecule has 6 nitrogen and oxygen atoms in total. The third-order valence-electron chi connectivity index (χ3n) is 4.77. The van der Waals surface area contributed by atoms with Crippen LogP contribution in [0.5, 0.6) is 0 Å². The highest BCUT2D eigenvalue weighted by Crippen LogP contribution is 2.24. The first-order valence-corrected chi connectivity index (χ1v) is 10.9. The lowest BCUT2D eigenvalue weighted by atomic mass is 10.1.